The van der Waals surface area contributed by atoms with Crippen molar-refractivity contribution in [3.63, 3.8) is 0 Å². The number of ether oxygens (including phenoxy) is 1. The molecule has 1 aromatic heterocycles. The van der Waals surface area contributed by atoms with Gasteiger partial charge < -0.3 is 9.64 Å². The molecule has 190 valence electrons. The number of hydrogen-bond donors (Lipinski definition) is 0. The maximum absolute atomic E-state index is 13.0. The number of halogens is 2. The standard InChI is InChI=1S/C25H26Cl2N4O4S/c26-21-13-29-24(35-18-8-11-30(16-18)22-14-28-15-23(32)25(22)27)12-20(21)17-4-6-19(7-5-17)36(33,34)31-9-2-1-3-10-31/h4-7,12-14,18H,1-3,8-11,15-16H2/t18-/m1/s1. The van der Waals surface area contributed by atoms with Crippen LogP contribution >= 0.6 is 23.2 Å². The van der Waals surface area contributed by atoms with Gasteiger partial charge in [0.1, 0.15) is 17.7 Å². The predicted molar refractivity (Wildman–Crippen MR) is 139 cm³/mol. The minimum atomic E-state index is -3.50. The number of allylic oxidation sites excluding steroid dienone is 1. The molecule has 8 nitrogen and oxygen atoms in total. The van der Waals surface area contributed by atoms with E-state index in [9.17, 15) is 13.2 Å². The fourth-order valence-electron chi connectivity index (χ4n) is 4.68. The van der Waals surface area contributed by atoms with Gasteiger partial charge in [-0.15, -0.1) is 0 Å². The fourth-order valence-corrected chi connectivity index (χ4v) is 6.64. The molecule has 2 fully saturated rings. The van der Waals surface area contributed by atoms with E-state index in [1.807, 2.05) is 4.90 Å². The van der Waals surface area contributed by atoms with Gasteiger partial charge >= 0.3 is 0 Å². The summed E-state index contributed by atoms with van der Waals surface area (Å²) in [6, 6.07) is 8.52. The zero-order chi connectivity index (χ0) is 25.3. The summed E-state index contributed by atoms with van der Waals surface area (Å²) in [5.74, 6) is 0.233. The maximum Gasteiger partial charge on any atom is 0.243 e. The van der Waals surface area contributed by atoms with Crippen LogP contribution in [0.4, 0.5) is 0 Å². The van der Waals surface area contributed by atoms with Gasteiger partial charge in [-0.1, -0.05) is 41.8 Å². The molecule has 0 unspecified atom stereocenters. The Morgan fingerprint density at radius 3 is 2.53 bits per heavy atom. The van der Waals surface area contributed by atoms with Gasteiger partial charge in [-0.2, -0.15) is 4.31 Å². The third-order valence-corrected chi connectivity index (χ3v) is 9.26. The number of carbonyl (C=O) groups excluding carboxylic acids is 1. The highest BCUT2D eigenvalue weighted by atomic mass is 35.5. The van der Waals surface area contributed by atoms with Gasteiger partial charge in [-0.3, -0.25) is 9.79 Å². The van der Waals surface area contributed by atoms with Crippen molar-refractivity contribution >= 4 is 45.2 Å². The SMILES string of the molecule is O=C1CN=CC(N2CC[C@@H](Oc3cc(-c4ccc(S(=O)(=O)N5CCCCC5)cc4)c(Cl)cn3)C2)=C1Cl. The van der Waals surface area contributed by atoms with E-state index in [2.05, 4.69) is 9.98 Å². The number of ketones is 1. The summed E-state index contributed by atoms with van der Waals surface area (Å²) in [4.78, 5) is 22.5. The molecular weight excluding hydrogens is 523 g/mol. The highest BCUT2D eigenvalue weighted by Gasteiger charge is 2.30. The molecule has 2 aromatic rings. The Kier molecular flexibility index (Phi) is 7.35. The van der Waals surface area contributed by atoms with Crippen LogP contribution in [0.2, 0.25) is 5.02 Å². The third-order valence-electron chi connectivity index (χ3n) is 6.64. The van der Waals surface area contributed by atoms with Crippen molar-refractivity contribution in [2.24, 2.45) is 4.99 Å². The average molecular weight is 549 g/mol. The molecule has 0 N–H and O–H groups in total. The summed E-state index contributed by atoms with van der Waals surface area (Å²) >= 11 is 12.6. The van der Waals surface area contributed by atoms with Gasteiger partial charge in [0, 0.05) is 43.9 Å². The smallest absolute Gasteiger partial charge is 0.243 e. The Morgan fingerprint density at radius 2 is 1.78 bits per heavy atom. The number of pyridine rings is 1. The summed E-state index contributed by atoms with van der Waals surface area (Å²) in [6.07, 6.45) is 6.60. The number of nitrogens with zero attached hydrogens (tertiary/aromatic N) is 4. The summed E-state index contributed by atoms with van der Waals surface area (Å²) in [5, 5.41) is 0.652. The molecule has 0 radical (unpaired) electrons. The molecule has 0 amide bonds. The number of aliphatic imine (C=N–C) groups is 1. The van der Waals surface area contributed by atoms with Crippen LogP contribution in [0.5, 0.6) is 5.88 Å². The highest BCUT2D eigenvalue weighted by molar-refractivity contribution is 7.89. The molecule has 0 aliphatic carbocycles. The van der Waals surface area contributed by atoms with Crippen LogP contribution < -0.4 is 4.74 Å². The van der Waals surface area contributed by atoms with E-state index in [0.717, 1.165) is 31.2 Å². The molecule has 2 saturated heterocycles. The molecule has 4 heterocycles. The Hall–Kier alpha value is -2.46. The van der Waals surface area contributed by atoms with Crippen LogP contribution in [0.25, 0.3) is 11.1 Å². The lowest BCUT2D eigenvalue weighted by atomic mass is 10.1. The molecule has 1 aromatic carbocycles. The van der Waals surface area contributed by atoms with E-state index in [1.54, 1.807) is 40.9 Å². The molecular formula is C25H26Cl2N4O4S. The maximum atomic E-state index is 13.0. The molecule has 0 saturated carbocycles. The fraction of sp³-hybridized carbons (Fsp3) is 0.400. The molecule has 0 bridgehead atoms. The van der Waals surface area contributed by atoms with Crippen molar-refractivity contribution in [1.29, 1.82) is 0 Å². The monoisotopic (exact) mass is 548 g/mol. The predicted octanol–water partition coefficient (Wildman–Crippen LogP) is 4.13. The van der Waals surface area contributed by atoms with Gasteiger partial charge in [0.15, 0.2) is 5.78 Å². The van der Waals surface area contributed by atoms with E-state index in [0.29, 0.717) is 48.3 Å². The van der Waals surface area contributed by atoms with Crippen LogP contribution in [0.3, 0.4) is 0 Å². The van der Waals surface area contributed by atoms with E-state index >= 15 is 0 Å². The largest absolute Gasteiger partial charge is 0.472 e. The van der Waals surface area contributed by atoms with Crippen molar-refractivity contribution in [3.05, 3.63) is 52.3 Å². The van der Waals surface area contributed by atoms with Crippen LogP contribution in [-0.2, 0) is 14.8 Å². The molecule has 3 aliphatic rings. The molecule has 0 spiro atoms. The summed E-state index contributed by atoms with van der Waals surface area (Å²) < 4.78 is 33.6. The second kappa shape index (κ2) is 10.5. The van der Waals surface area contributed by atoms with Gasteiger partial charge in [0.25, 0.3) is 0 Å². The lowest BCUT2D eigenvalue weighted by Gasteiger charge is -2.25. The normalized spacial score (nSPS) is 21.3. The average Bonchev–Trinajstić information content (AvgIpc) is 3.35. The molecule has 5 rings (SSSR count). The number of sulfonamides is 1. The number of piperidine rings is 1. The Balaban J connectivity index is 1.30. The Morgan fingerprint density at radius 1 is 1.03 bits per heavy atom. The molecule has 3 aliphatic heterocycles. The van der Waals surface area contributed by atoms with Gasteiger partial charge in [-0.05, 0) is 30.5 Å². The zero-order valence-corrected chi connectivity index (χ0v) is 21.9. The van der Waals surface area contributed by atoms with Crippen LogP contribution in [-0.4, -0.2) is 73.4 Å². The lowest BCUT2D eigenvalue weighted by molar-refractivity contribution is -0.113. The first-order valence-electron chi connectivity index (χ1n) is 11.9. The van der Waals surface area contributed by atoms with Crippen molar-refractivity contribution < 1.29 is 17.9 Å². The molecule has 11 heteroatoms. The minimum Gasteiger partial charge on any atom is -0.472 e. The van der Waals surface area contributed by atoms with Gasteiger partial charge in [0.05, 0.1) is 28.4 Å². The van der Waals surface area contributed by atoms with E-state index in [1.165, 1.54) is 6.20 Å². The topological polar surface area (TPSA) is 92.2 Å². The second-order valence-electron chi connectivity index (χ2n) is 9.06. The van der Waals surface area contributed by atoms with Crippen molar-refractivity contribution in [1.82, 2.24) is 14.2 Å². The lowest BCUT2D eigenvalue weighted by Crippen LogP contribution is -2.35. The van der Waals surface area contributed by atoms with E-state index < -0.39 is 10.0 Å². The third kappa shape index (κ3) is 5.16. The number of benzene rings is 1. The van der Waals surface area contributed by atoms with Crippen LogP contribution in [0, 0.1) is 0 Å². The van der Waals surface area contributed by atoms with Crippen LogP contribution in [0.15, 0.2) is 57.1 Å². The highest BCUT2D eigenvalue weighted by Crippen LogP contribution is 2.32. The second-order valence-corrected chi connectivity index (χ2v) is 11.8. The first-order chi connectivity index (χ1) is 17.3. The number of rotatable bonds is 6. The number of likely N-dealkylation sites (tertiary alicyclic amines) is 1. The van der Waals surface area contributed by atoms with E-state index in [4.69, 9.17) is 27.9 Å². The van der Waals surface area contributed by atoms with Crippen molar-refractivity contribution in [3.8, 4) is 17.0 Å². The summed E-state index contributed by atoms with van der Waals surface area (Å²) in [7, 11) is -3.50. The van der Waals surface area contributed by atoms with Crippen molar-refractivity contribution in [2.75, 3.05) is 32.7 Å². The first kappa shape index (κ1) is 25.2. The number of dihydropyridines is 1. The zero-order valence-electron chi connectivity index (χ0n) is 19.6. The Labute approximate surface area is 220 Å². The molecule has 1 atom stereocenters. The van der Waals surface area contributed by atoms with Crippen molar-refractivity contribution in [2.45, 2.75) is 36.7 Å². The number of Topliss-reactive ketones (excluding diaryl/α,β-unsaturated/α-hetero) is 1. The van der Waals surface area contributed by atoms with Crippen LogP contribution in [0.1, 0.15) is 25.7 Å². The van der Waals surface area contributed by atoms with E-state index in [-0.39, 0.29) is 28.4 Å². The number of carbonyl (C=O) groups is 1. The number of hydrogen-bond acceptors (Lipinski definition) is 7. The first-order valence-corrected chi connectivity index (χ1v) is 14.1. The van der Waals surface area contributed by atoms with Gasteiger partial charge in [0.2, 0.25) is 15.9 Å². The Bertz CT molecular complexity index is 1320. The quantitative estimate of drug-likeness (QED) is 0.538. The van der Waals surface area contributed by atoms with Gasteiger partial charge in [-0.25, -0.2) is 13.4 Å². The minimum absolute atomic E-state index is 0.0821. The molecule has 36 heavy (non-hydrogen) atoms. The summed E-state index contributed by atoms with van der Waals surface area (Å²) in [6.45, 7) is 2.44. The summed E-state index contributed by atoms with van der Waals surface area (Å²) in [5.41, 5.74) is 2.10. The number of aromatic nitrogens is 1.